The predicted molar refractivity (Wildman–Crippen MR) is 273 cm³/mol. The molecule has 0 saturated carbocycles. The fourth-order valence-corrected chi connectivity index (χ4v) is 9.97. The number of hydrogen-bond acceptors (Lipinski definition) is 4. The van der Waals surface area contributed by atoms with E-state index >= 15 is 0 Å². The maximum absolute atomic E-state index is 6.69. The number of hydrogen-bond donors (Lipinski definition) is 0. The third-order valence-corrected chi connectivity index (χ3v) is 14.5. The Morgan fingerprint density at radius 3 is 1.22 bits per heavy atom. The monoisotopic (exact) mass is 896 g/mol. The molecule has 0 N–H and O–H groups in total. The van der Waals surface area contributed by atoms with E-state index in [1.807, 2.05) is 12.1 Å². The van der Waals surface area contributed by atoms with Crippen molar-refractivity contribution in [3.8, 4) is 11.5 Å². The molecule has 0 spiro atoms. The van der Waals surface area contributed by atoms with Gasteiger partial charge in [-0.05, 0) is 126 Å². The Balaban J connectivity index is 1.10. The van der Waals surface area contributed by atoms with Crippen molar-refractivity contribution in [2.45, 2.75) is 92.3 Å². The van der Waals surface area contributed by atoms with E-state index in [1.54, 1.807) is 0 Å². The number of ether oxygens (including phenoxy) is 2. The van der Waals surface area contributed by atoms with E-state index < -0.39 is 0 Å². The standard InChI is InChI=1S/C56H66Cl2N4O2/c1-11-55(7)47-33-43(57)25-29-49(47)59(9)53(55)31-23-41-21-27-45(61(13-3)14-4)35-51(41)63-37-39-17-19-40(20-18-39)38-64-52-36-46(62(15-5)16-6)28-22-42(52)24-32-54-56(8,12-2)48-34-44(58)26-30-50(48)60(54)10/h17-36H,11-16,37-38H2,1-10H3/q+2. The lowest BCUT2D eigenvalue weighted by molar-refractivity contribution is -0.401. The highest BCUT2D eigenvalue weighted by Gasteiger charge is 2.46. The van der Waals surface area contributed by atoms with Gasteiger partial charge in [-0.25, -0.2) is 0 Å². The van der Waals surface area contributed by atoms with E-state index in [1.165, 1.54) is 33.9 Å². The molecule has 2 atom stereocenters. The van der Waals surface area contributed by atoms with Gasteiger partial charge >= 0.3 is 0 Å². The van der Waals surface area contributed by atoms with E-state index in [2.05, 4.69) is 198 Å². The minimum atomic E-state index is -0.156. The fraction of sp³-hybridized carbons (Fsp3) is 0.357. The molecule has 2 aliphatic rings. The Bertz CT molecular complexity index is 2440. The van der Waals surface area contributed by atoms with Crippen molar-refractivity contribution in [3.05, 3.63) is 153 Å². The molecule has 2 heterocycles. The SMILES string of the molecule is CCN(CC)c1ccc(/C=C/C2=[N+](C)c3ccc(Cl)cc3C2(C)CC)c(OCc2ccc(COc3cc(N(CC)CC)ccc3/C=C/C3=[N+](C)c4ccc(Cl)cc4C3(C)CC)cc2)c1. The number of allylic oxidation sites excluding steroid dienone is 2. The summed E-state index contributed by atoms with van der Waals surface area (Å²) in [6.45, 7) is 22.5. The summed E-state index contributed by atoms with van der Waals surface area (Å²) in [6, 6.07) is 34.2. The second-order valence-corrected chi connectivity index (χ2v) is 18.3. The molecule has 2 aliphatic heterocycles. The molecule has 6 nitrogen and oxygen atoms in total. The molecule has 8 heteroatoms. The summed E-state index contributed by atoms with van der Waals surface area (Å²) in [5.41, 5.74) is 13.7. The first-order chi connectivity index (χ1) is 30.8. The van der Waals surface area contributed by atoms with Crippen molar-refractivity contribution in [1.82, 2.24) is 0 Å². The van der Waals surface area contributed by atoms with E-state index in [4.69, 9.17) is 32.7 Å². The van der Waals surface area contributed by atoms with Crippen molar-refractivity contribution in [2.24, 2.45) is 0 Å². The highest BCUT2D eigenvalue weighted by atomic mass is 35.5. The molecule has 0 radical (unpaired) electrons. The van der Waals surface area contributed by atoms with Crippen LogP contribution in [0, 0.1) is 0 Å². The number of nitrogens with zero attached hydrogens (tertiary/aromatic N) is 4. The second kappa shape index (κ2) is 19.8. The summed E-state index contributed by atoms with van der Waals surface area (Å²) < 4.78 is 18.0. The summed E-state index contributed by atoms with van der Waals surface area (Å²) in [5.74, 6) is 1.71. The van der Waals surface area contributed by atoms with Crippen LogP contribution in [0.15, 0.2) is 109 Å². The average molecular weight is 898 g/mol. The molecule has 0 bridgehead atoms. The number of anilines is 2. The van der Waals surface area contributed by atoms with E-state index in [0.29, 0.717) is 13.2 Å². The molecule has 5 aromatic carbocycles. The molecular weight excluding hydrogens is 832 g/mol. The van der Waals surface area contributed by atoms with Gasteiger partial charge in [-0.3, -0.25) is 0 Å². The summed E-state index contributed by atoms with van der Waals surface area (Å²) >= 11 is 13.0. The van der Waals surface area contributed by atoms with Crippen molar-refractivity contribution in [1.29, 1.82) is 0 Å². The van der Waals surface area contributed by atoms with Gasteiger partial charge in [0.25, 0.3) is 0 Å². The van der Waals surface area contributed by atoms with Crippen LogP contribution in [0.5, 0.6) is 11.5 Å². The Morgan fingerprint density at radius 1 is 0.500 bits per heavy atom. The van der Waals surface area contributed by atoms with Crippen LogP contribution >= 0.6 is 23.2 Å². The van der Waals surface area contributed by atoms with Gasteiger partial charge in [0.05, 0.1) is 10.8 Å². The molecule has 0 aromatic heterocycles. The van der Waals surface area contributed by atoms with Gasteiger partial charge in [0.2, 0.25) is 11.4 Å². The van der Waals surface area contributed by atoms with E-state index in [9.17, 15) is 0 Å². The Morgan fingerprint density at radius 2 is 0.875 bits per heavy atom. The van der Waals surface area contributed by atoms with Gasteiger partial charge in [-0.1, -0.05) is 61.3 Å². The van der Waals surface area contributed by atoms with Crippen LogP contribution in [-0.2, 0) is 24.0 Å². The molecular formula is C56H66Cl2N4O2+2. The third-order valence-electron chi connectivity index (χ3n) is 14.0. The zero-order valence-corrected chi connectivity index (χ0v) is 41.1. The number of benzene rings is 5. The smallest absolute Gasteiger partial charge is 0.209 e. The van der Waals surface area contributed by atoms with Gasteiger partial charge in [-0.15, -0.1) is 0 Å². The van der Waals surface area contributed by atoms with Crippen LogP contribution in [0.2, 0.25) is 10.0 Å². The molecule has 64 heavy (non-hydrogen) atoms. The second-order valence-electron chi connectivity index (χ2n) is 17.4. The van der Waals surface area contributed by atoms with Gasteiger partial charge in [-0.2, -0.15) is 9.15 Å². The quantitative estimate of drug-likeness (QED) is 0.0820. The highest BCUT2D eigenvalue weighted by Crippen LogP contribution is 2.45. The van der Waals surface area contributed by atoms with Crippen LogP contribution < -0.4 is 19.3 Å². The number of fused-ring (bicyclic) bond motifs is 2. The van der Waals surface area contributed by atoms with Gasteiger partial charge < -0.3 is 19.3 Å². The Hall–Kier alpha value is -5.30. The molecule has 2 unspecified atom stereocenters. The lowest BCUT2D eigenvalue weighted by Crippen LogP contribution is -2.29. The minimum Gasteiger partial charge on any atom is -0.488 e. The Kier molecular flexibility index (Phi) is 14.5. The zero-order valence-electron chi connectivity index (χ0n) is 39.6. The van der Waals surface area contributed by atoms with Gasteiger partial charge in [0.15, 0.2) is 11.4 Å². The topological polar surface area (TPSA) is 31.0 Å². The lowest BCUT2D eigenvalue weighted by atomic mass is 9.77. The summed E-state index contributed by atoms with van der Waals surface area (Å²) in [6.07, 6.45) is 10.8. The van der Waals surface area contributed by atoms with Crippen LogP contribution in [0.1, 0.15) is 102 Å². The molecule has 5 aromatic rings. The number of rotatable bonds is 18. The van der Waals surface area contributed by atoms with Crippen LogP contribution in [0.25, 0.3) is 12.2 Å². The number of halogens is 2. The van der Waals surface area contributed by atoms with Crippen molar-refractivity contribution < 1.29 is 18.6 Å². The molecule has 7 rings (SSSR count). The highest BCUT2D eigenvalue weighted by molar-refractivity contribution is 6.31. The van der Waals surface area contributed by atoms with Crippen molar-refractivity contribution >= 4 is 69.5 Å². The molecule has 0 amide bonds. The van der Waals surface area contributed by atoms with Gasteiger partial charge in [0, 0.05) is 106 Å². The van der Waals surface area contributed by atoms with Crippen molar-refractivity contribution in [2.75, 3.05) is 50.1 Å². The van der Waals surface area contributed by atoms with Gasteiger partial charge in [0.1, 0.15) is 38.8 Å². The average Bonchev–Trinajstić information content (AvgIpc) is 3.65. The molecule has 0 saturated heterocycles. The summed E-state index contributed by atoms with van der Waals surface area (Å²) in [7, 11) is 4.30. The van der Waals surface area contributed by atoms with E-state index in [-0.39, 0.29) is 10.8 Å². The van der Waals surface area contributed by atoms with Crippen LogP contribution in [0.4, 0.5) is 22.7 Å². The maximum atomic E-state index is 6.69. The lowest BCUT2D eigenvalue weighted by Gasteiger charge is -2.23. The fourth-order valence-electron chi connectivity index (χ4n) is 9.63. The minimum absolute atomic E-state index is 0.156. The summed E-state index contributed by atoms with van der Waals surface area (Å²) in [5, 5.41) is 1.53. The predicted octanol–water partition coefficient (Wildman–Crippen LogP) is 14.1. The van der Waals surface area contributed by atoms with Crippen molar-refractivity contribution in [3.63, 3.8) is 0 Å². The molecule has 334 valence electrons. The maximum Gasteiger partial charge on any atom is 0.209 e. The van der Waals surface area contributed by atoms with E-state index in [0.717, 1.165) is 94.2 Å². The Labute approximate surface area is 392 Å². The first-order valence-corrected chi connectivity index (χ1v) is 23.9. The largest absolute Gasteiger partial charge is 0.488 e. The molecule has 0 aliphatic carbocycles. The first-order valence-electron chi connectivity index (χ1n) is 23.1. The first kappa shape index (κ1) is 46.7. The van der Waals surface area contributed by atoms with Crippen LogP contribution in [-0.4, -0.2) is 60.8 Å². The summed E-state index contributed by atoms with van der Waals surface area (Å²) in [4.78, 5) is 4.71. The molecule has 0 fully saturated rings. The van der Waals surface area contributed by atoms with Crippen LogP contribution in [0.3, 0.4) is 0 Å². The zero-order chi connectivity index (χ0) is 45.8. The normalized spacial score (nSPS) is 18.1. The third kappa shape index (κ3) is 9.14.